The number of amides is 2. The second-order valence-electron chi connectivity index (χ2n) is 4.98. The normalized spacial score (nSPS) is 11.6. The van der Waals surface area contributed by atoms with Crippen LogP contribution in [0.2, 0.25) is 0 Å². The van der Waals surface area contributed by atoms with Gasteiger partial charge in [0.1, 0.15) is 11.6 Å². The molecule has 1 atom stereocenters. The first-order valence-electron chi connectivity index (χ1n) is 6.94. The van der Waals surface area contributed by atoms with Gasteiger partial charge in [0.2, 0.25) is 5.91 Å². The molecular formula is C14H28N2O4. The summed E-state index contributed by atoms with van der Waals surface area (Å²) in [5.41, 5.74) is -0.613. The Morgan fingerprint density at radius 1 is 1.15 bits per heavy atom. The van der Waals surface area contributed by atoms with Gasteiger partial charge >= 0.3 is 6.09 Å². The van der Waals surface area contributed by atoms with Crippen molar-refractivity contribution in [3.63, 3.8) is 0 Å². The Hall–Kier alpha value is -1.59. The van der Waals surface area contributed by atoms with Crippen LogP contribution >= 0.6 is 0 Å². The maximum atomic E-state index is 11.5. The lowest BCUT2D eigenvalue weighted by Crippen LogP contribution is -2.47. The molecule has 6 nitrogen and oxygen atoms in total. The van der Waals surface area contributed by atoms with E-state index >= 15 is 0 Å². The third kappa shape index (κ3) is 11.5. The summed E-state index contributed by atoms with van der Waals surface area (Å²) in [5.74, 6) is -0.476. The van der Waals surface area contributed by atoms with Gasteiger partial charge < -0.3 is 15.4 Å². The molecule has 0 aliphatic carbocycles. The third-order valence-corrected chi connectivity index (χ3v) is 1.98. The first kappa shape index (κ1) is 20.7. The molecule has 2 amide bonds. The maximum Gasteiger partial charge on any atom is 0.408 e. The van der Waals surface area contributed by atoms with Crippen LogP contribution in [0, 0.1) is 0 Å². The van der Waals surface area contributed by atoms with Crippen molar-refractivity contribution in [3.05, 3.63) is 0 Å². The minimum Gasteiger partial charge on any atom is -0.444 e. The van der Waals surface area contributed by atoms with Crippen LogP contribution in [-0.2, 0) is 14.3 Å². The standard InChI is InChI=1S/C12H22N2O4.C2H6/c1-6-9(15)7-13-10(16)8(2)14-11(17)18-12(3,4)5;1-2/h8H,6-7H2,1-5H3,(H,13,16)(H,14,17);1-2H3/t8-;/m0./s1. The predicted octanol–water partition coefficient (Wildman–Crippen LogP) is 2.02. The Morgan fingerprint density at radius 3 is 2.05 bits per heavy atom. The van der Waals surface area contributed by atoms with Crippen molar-refractivity contribution in [2.75, 3.05) is 6.54 Å². The van der Waals surface area contributed by atoms with E-state index in [0.29, 0.717) is 6.42 Å². The molecule has 118 valence electrons. The summed E-state index contributed by atoms with van der Waals surface area (Å²) in [7, 11) is 0. The molecule has 0 bridgehead atoms. The van der Waals surface area contributed by atoms with Crippen LogP contribution < -0.4 is 10.6 Å². The molecule has 0 heterocycles. The molecule has 6 heteroatoms. The van der Waals surface area contributed by atoms with Crippen LogP contribution in [0.15, 0.2) is 0 Å². The minimum absolute atomic E-state index is 0.0182. The molecule has 0 aliphatic heterocycles. The lowest BCUT2D eigenvalue weighted by molar-refractivity contribution is -0.126. The number of alkyl carbamates (subject to hydrolysis) is 1. The SMILES string of the molecule is CC.CCC(=O)CNC(=O)[C@H](C)NC(=O)OC(C)(C)C. The van der Waals surface area contributed by atoms with E-state index < -0.39 is 23.6 Å². The minimum atomic E-state index is -0.746. The maximum absolute atomic E-state index is 11.5. The zero-order valence-corrected chi connectivity index (χ0v) is 13.6. The highest BCUT2D eigenvalue weighted by Crippen LogP contribution is 2.06. The van der Waals surface area contributed by atoms with Crippen molar-refractivity contribution in [3.8, 4) is 0 Å². The largest absolute Gasteiger partial charge is 0.444 e. The van der Waals surface area contributed by atoms with Crippen molar-refractivity contribution in [1.29, 1.82) is 0 Å². The van der Waals surface area contributed by atoms with Gasteiger partial charge in [-0.2, -0.15) is 0 Å². The number of nitrogens with one attached hydrogen (secondary N) is 2. The van der Waals surface area contributed by atoms with Crippen LogP contribution in [0.5, 0.6) is 0 Å². The van der Waals surface area contributed by atoms with Crippen molar-refractivity contribution in [2.24, 2.45) is 0 Å². The Bertz CT molecular complexity index is 322. The highest BCUT2D eigenvalue weighted by atomic mass is 16.6. The number of ether oxygens (including phenoxy) is 1. The first-order chi connectivity index (χ1) is 9.15. The highest BCUT2D eigenvalue weighted by Gasteiger charge is 2.20. The summed E-state index contributed by atoms with van der Waals surface area (Å²) in [5, 5.41) is 4.84. The Kier molecular flexibility index (Phi) is 10.6. The van der Waals surface area contributed by atoms with Crippen molar-refractivity contribution in [2.45, 2.75) is 66.5 Å². The van der Waals surface area contributed by atoms with Gasteiger partial charge in [-0.25, -0.2) is 4.79 Å². The smallest absolute Gasteiger partial charge is 0.408 e. The summed E-state index contributed by atoms with van der Waals surface area (Å²) >= 11 is 0. The van der Waals surface area contributed by atoms with Gasteiger partial charge in [-0.15, -0.1) is 0 Å². The van der Waals surface area contributed by atoms with E-state index in [1.165, 1.54) is 6.92 Å². The number of hydrogen-bond acceptors (Lipinski definition) is 4. The van der Waals surface area contributed by atoms with E-state index in [4.69, 9.17) is 4.74 Å². The number of carbonyl (C=O) groups excluding carboxylic acids is 3. The molecular weight excluding hydrogens is 260 g/mol. The van der Waals surface area contributed by atoms with Gasteiger partial charge in [-0.1, -0.05) is 20.8 Å². The van der Waals surface area contributed by atoms with Gasteiger partial charge in [0.25, 0.3) is 0 Å². The van der Waals surface area contributed by atoms with Crippen molar-refractivity contribution < 1.29 is 19.1 Å². The molecule has 0 aliphatic rings. The van der Waals surface area contributed by atoms with Crippen LogP contribution in [0.25, 0.3) is 0 Å². The van der Waals surface area contributed by atoms with Gasteiger partial charge in [0.05, 0.1) is 6.54 Å². The van der Waals surface area contributed by atoms with Gasteiger partial charge in [0.15, 0.2) is 5.78 Å². The lowest BCUT2D eigenvalue weighted by Gasteiger charge is -2.21. The van der Waals surface area contributed by atoms with E-state index in [1.54, 1.807) is 27.7 Å². The number of rotatable bonds is 5. The Balaban J connectivity index is 0. The van der Waals surface area contributed by atoms with Crippen LogP contribution in [0.1, 0.15) is 54.9 Å². The lowest BCUT2D eigenvalue weighted by atomic mass is 10.2. The van der Waals surface area contributed by atoms with E-state index in [1.807, 2.05) is 13.8 Å². The van der Waals surface area contributed by atoms with Crippen molar-refractivity contribution in [1.82, 2.24) is 10.6 Å². The van der Waals surface area contributed by atoms with E-state index in [-0.39, 0.29) is 12.3 Å². The van der Waals surface area contributed by atoms with Gasteiger partial charge in [-0.05, 0) is 27.7 Å². The topological polar surface area (TPSA) is 84.5 Å². The Labute approximate surface area is 121 Å². The molecule has 0 spiro atoms. The number of hydrogen-bond donors (Lipinski definition) is 2. The summed E-state index contributed by atoms with van der Waals surface area (Å²) in [4.78, 5) is 33.9. The van der Waals surface area contributed by atoms with E-state index in [0.717, 1.165) is 0 Å². The van der Waals surface area contributed by atoms with Crippen LogP contribution in [0.4, 0.5) is 4.79 Å². The average molecular weight is 288 g/mol. The van der Waals surface area contributed by atoms with E-state index in [2.05, 4.69) is 10.6 Å². The summed E-state index contributed by atoms with van der Waals surface area (Å²) < 4.78 is 5.01. The van der Waals surface area contributed by atoms with Crippen LogP contribution in [0.3, 0.4) is 0 Å². The molecule has 0 rings (SSSR count). The summed E-state index contributed by atoms with van der Waals surface area (Å²) in [6.07, 6.45) is -0.291. The Morgan fingerprint density at radius 2 is 1.65 bits per heavy atom. The zero-order valence-electron chi connectivity index (χ0n) is 13.6. The third-order valence-electron chi connectivity index (χ3n) is 1.98. The summed E-state index contributed by atoms with van der Waals surface area (Å²) in [6, 6.07) is -0.746. The molecule has 0 aromatic carbocycles. The molecule has 0 saturated carbocycles. The molecule has 0 fully saturated rings. The molecule has 20 heavy (non-hydrogen) atoms. The number of Topliss-reactive ketones (excluding diaryl/α,β-unsaturated/α-hetero) is 1. The second kappa shape index (κ2) is 10.2. The molecule has 0 aromatic heterocycles. The van der Waals surface area contributed by atoms with Crippen molar-refractivity contribution >= 4 is 17.8 Å². The second-order valence-corrected chi connectivity index (χ2v) is 4.98. The quantitative estimate of drug-likeness (QED) is 0.810. The summed E-state index contributed by atoms with van der Waals surface area (Å²) in [6.45, 7) is 12.4. The molecule has 0 unspecified atom stereocenters. The highest BCUT2D eigenvalue weighted by molar-refractivity contribution is 5.89. The van der Waals surface area contributed by atoms with Crippen LogP contribution in [-0.4, -0.2) is 36.0 Å². The predicted molar refractivity (Wildman–Crippen MR) is 78.5 cm³/mol. The molecule has 0 radical (unpaired) electrons. The van der Waals surface area contributed by atoms with E-state index in [9.17, 15) is 14.4 Å². The molecule has 0 aromatic rings. The molecule has 2 N–H and O–H groups in total. The number of ketones is 1. The average Bonchev–Trinajstić information content (AvgIpc) is 2.35. The first-order valence-corrected chi connectivity index (χ1v) is 6.94. The fourth-order valence-corrected chi connectivity index (χ4v) is 1.01. The zero-order chi connectivity index (χ0) is 16.3. The fraction of sp³-hybridized carbons (Fsp3) is 0.786. The number of carbonyl (C=O) groups is 3. The van der Waals surface area contributed by atoms with Gasteiger partial charge in [0, 0.05) is 6.42 Å². The van der Waals surface area contributed by atoms with Gasteiger partial charge in [-0.3, -0.25) is 9.59 Å². The monoisotopic (exact) mass is 288 g/mol. The fourth-order valence-electron chi connectivity index (χ4n) is 1.01. The molecule has 0 saturated heterocycles.